The van der Waals surface area contributed by atoms with Gasteiger partial charge in [0.15, 0.2) is 0 Å². The number of amides is 2. The van der Waals surface area contributed by atoms with Gasteiger partial charge in [0.05, 0.1) is 6.54 Å². The number of nitrogens with zero attached hydrogens (tertiary/aromatic N) is 1. The number of piperazine rings is 1. The van der Waals surface area contributed by atoms with E-state index >= 15 is 0 Å². The summed E-state index contributed by atoms with van der Waals surface area (Å²) in [6.45, 7) is 6.44. The van der Waals surface area contributed by atoms with E-state index in [4.69, 9.17) is 0 Å². The van der Waals surface area contributed by atoms with E-state index in [9.17, 15) is 9.59 Å². The average molecular weight is 288 g/mol. The number of rotatable bonds is 5. The molecule has 0 radical (unpaired) electrons. The van der Waals surface area contributed by atoms with Gasteiger partial charge in [0.2, 0.25) is 11.8 Å². The zero-order valence-corrected chi connectivity index (χ0v) is 13.0. The lowest BCUT2D eigenvalue weighted by Crippen LogP contribution is -2.62. The predicted molar refractivity (Wildman–Crippen MR) is 82.7 cm³/mol. The zero-order valence-electron chi connectivity index (χ0n) is 13.0. The minimum absolute atomic E-state index is 0.0407. The van der Waals surface area contributed by atoms with E-state index in [1.165, 1.54) is 0 Å². The molecule has 4 heteroatoms. The summed E-state index contributed by atoms with van der Waals surface area (Å²) in [5.41, 5.74) is 1.07. The van der Waals surface area contributed by atoms with Crippen LogP contribution < -0.4 is 5.32 Å². The molecule has 0 saturated carbocycles. The first kappa shape index (κ1) is 15.5. The summed E-state index contributed by atoms with van der Waals surface area (Å²) in [5, 5.41) is 2.83. The fourth-order valence-corrected chi connectivity index (χ4v) is 3.06. The van der Waals surface area contributed by atoms with Crippen LogP contribution in [0.4, 0.5) is 0 Å². The van der Waals surface area contributed by atoms with Gasteiger partial charge in [-0.1, -0.05) is 51.1 Å². The maximum atomic E-state index is 12.7. The number of nitrogens with one attached hydrogen (secondary N) is 1. The fraction of sp³-hybridized carbons (Fsp3) is 0.529. The van der Waals surface area contributed by atoms with Crippen molar-refractivity contribution >= 4 is 11.8 Å². The van der Waals surface area contributed by atoms with E-state index in [2.05, 4.69) is 26.1 Å². The maximum Gasteiger partial charge on any atom is 0.246 e. The van der Waals surface area contributed by atoms with Gasteiger partial charge < -0.3 is 10.2 Å². The minimum atomic E-state index is -0.443. The van der Waals surface area contributed by atoms with Crippen molar-refractivity contribution in [3.8, 4) is 0 Å². The van der Waals surface area contributed by atoms with E-state index in [1.54, 1.807) is 4.90 Å². The molecule has 2 unspecified atom stereocenters. The Labute approximate surface area is 126 Å². The molecule has 1 aliphatic rings. The molecule has 114 valence electrons. The van der Waals surface area contributed by atoms with Gasteiger partial charge in [0.25, 0.3) is 0 Å². The van der Waals surface area contributed by atoms with Crippen molar-refractivity contribution in [1.29, 1.82) is 0 Å². The molecule has 1 fully saturated rings. The first-order valence-corrected chi connectivity index (χ1v) is 7.66. The van der Waals surface area contributed by atoms with Crippen LogP contribution in [0, 0.1) is 5.92 Å². The number of carbonyl (C=O) groups is 2. The third-order valence-electron chi connectivity index (χ3n) is 4.10. The van der Waals surface area contributed by atoms with Crippen LogP contribution in [0.15, 0.2) is 30.3 Å². The molecule has 0 spiro atoms. The number of benzene rings is 1. The predicted octanol–water partition coefficient (Wildman–Crippen LogP) is 1.99. The Bertz CT molecular complexity index is 499. The third-order valence-corrected chi connectivity index (χ3v) is 4.10. The lowest BCUT2D eigenvalue weighted by Gasteiger charge is -2.39. The van der Waals surface area contributed by atoms with Crippen LogP contribution in [0.3, 0.4) is 0 Å². The average Bonchev–Trinajstić information content (AvgIpc) is 2.45. The lowest BCUT2D eigenvalue weighted by atomic mass is 9.96. The molecule has 0 aromatic heterocycles. The molecule has 2 rings (SSSR count). The molecule has 21 heavy (non-hydrogen) atoms. The number of hydrogen-bond donors (Lipinski definition) is 1. The van der Waals surface area contributed by atoms with Crippen molar-refractivity contribution in [2.45, 2.75) is 45.7 Å². The van der Waals surface area contributed by atoms with Gasteiger partial charge in [-0.15, -0.1) is 0 Å². The van der Waals surface area contributed by atoms with Crippen molar-refractivity contribution in [3.05, 3.63) is 35.9 Å². The van der Waals surface area contributed by atoms with Gasteiger partial charge >= 0.3 is 0 Å². The van der Waals surface area contributed by atoms with Crippen molar-refractivity contribution in [3.63, 3.8) is 0 Å². The monoisotopic (exact) mass is 288 g/mol. The highest BCUT2D eigenvalue weighted by molar-refractivity contribution is 5.95. The van der Waals surface area contributed by atoms with Crippen molar-refractivity contribution in [2.24, 2.45) is 5.92 Å². The lowest BCUT2D eigenvalue weighted by molar-refractivity contribution is -0.147. The molecule has 1 saturated heterocycles. The molecule has 1 heterocycles. The van der Waals surface area contributed by atoms with Crippen LogP contribution in [-0.4, -0.2) is 35.3 Å². The van der Waals surface area contributed by atoms with Gasteiger partial charge in [-0.3, -0.25) is 9.59 Å². The Kier molecular flexibility index (Phi) is 4.99. The summed E-state index contributed by atoms with van der Waals surface area (Å²) >= 11 is 0. The highest BCUT2D eigenvalue weighted by atomic mass is 16.2. The summed E-state index contributed by atoms with van der Waals surface area (Å²) in [5.74, 6) is 0.329. The van der Waals surface area contributed by atoms with E-state index < -0.39 is 6.04 Å². The standard InChI is InChI=1S/C17H24N2O2/c1-4-15(12(2)3)19-11-16(20)18-14(17(19)21)10-13-8-6-5-7-9-13/h5-9,12,14-15H,4,10-11H2,1-3H3,(H,18,20). The van der Waals surface area contributed by atoms with Crippen LogP contribution in [0.2, 0.25) is 0 Å². The largest absolute Gasteiger partial charge is 0.342 e. The molecule has 4 nitrogen and oxygen atoms in total. The second kappa shape index (κ2) is 6.74. The molecule has 2 atom stereocenters. The third kappa shape index (κ3) is 3.63. The SMILES string of the molecule is CCC(C(C)C)N1CC(=O)NC(Cc2ccccc2)C1=O. The second-order valence-electron chi connectivity index (χ2n) is 6.00. The first-order chi connectivity index (χ1) is 10.0. The molecule has 1 aliphatic heterocycles. The Balaban J connectivity index is 2.15. The molecule has 1 aromatic carbocycles. The minimum Gasteiger partial charge on any atom is -0.342 e. The Morgan fingerprint density at radius 1 is 1.24 bits per heavy atom. The van der Waals surface area contributed by atoms with Gasteiger partial charge in [0, 0.05) is 12.5 Å². The van der Waals surface area contributed by atoms with Crippen LogP contribution in [0.25, 0.3) is 0 Å². The summed E-state index contributed by atoms with van der Waals surface area (Å²) in [4.78, 5) is 26.4. The van der Waals surface area contributed by atoms with Crippen molar-refractivity contribution in [1.82, 2.24) is 10.2 Å². The fourth-order valence-electron chi connectivity index (χ4n) is 3.06. The maximum absolute atomic E-state index is 12.7. The van der Waals surface area contributed by atoms with E-state index in [-0.39, 0.29) is 24.4 Å². The number of carbonyl (C=O) groups excluding carboxylic acids is 2. The van der Waals surface area contributed by atoms with Gasteiger partial charge in [0.1, 0.15) is 6.04 Å². The molecule has 0 bridgehead atoms. The van der Waals surface area contributed by atoms with Crippen molar-refractivity contribution < 1.29 is 9.59 Å². The van der Waals surface area contributed by atoms with Gasteiger partial charge in [-0.2, -0.15) is 0 Å². The van der Waals surface area contributed by atoms with E-state index in [0.29, 0.717) is 12.3 Å². The quantitative estimate of drug-likeness (QED) is 0.901. The molecule has 2 amide bonds. The topological polar surface area (TPSA) is 49.4 Å². The number of hydrogen-bond acceptors (Lipinski definition) is 2. The Hall–Kier alpha value is -1.84. The smallest absolute Gasteiger partial charge is 0.246 e. The molecule has 1 N–H and O–H groups in total. The molecule has 0 aliphatic carbocycles. The summed E-state index contributed by atoms with van der Waals surface area (Å²) < 4.78 is 0. The summed E-state index contributed by atoms with van der Waals surface area (Å²) in [6.07, 6.45) is 1.42. The summed E-state index contributed by atoms with van der Waals surface area (Å²) in [7, 11) is 0. The second-order valence-corrected chi connectivity index (χ2v) is 6.00. The highest BCUT2D eigenvalue weighted by Crippen LogP contribution is 2.19. The van der Waals surface area contributed by atoms with Gasteiger partial charge in [-0.05, 0) is 17.9 Å². The van der Waals surface area contributed by atoms with Gasteiger partial charge in [-0.25, -0.2) is 0 Å². The molecular weight excluding hydrogens is 264 g/mol. The van der Waals surface area contributed by atoms with Crippen LogP contribution in [-0.2, 0) is 16.0 Å². The Morgan fingerprint density at radius 3 is 2.48 bits per heavy atom. The first-order valence-electron chi connectivity index (χ1n) is 7.66. The molecular formula is C17H24N2O2. The zero-order chi connectivity index (χ0) is 15.4. The van der Waals surface area contributed by atoms with Crippen LogP contribution in [0.1, 0.15) is 32.8 Å². The molecule has 1 aromatic rings. The normalized spacial score (nSPS) is 20.6. The Morgan fingerprint density at radius 2 is 1.90 bits per heavy atom. The highest BCUT2D eigenvalue weighted by Gasteiger charge is 2.36. The van der Waals surface area contributed by atoms with Crippen LogP contribution >= 0.6 is 0 Å². The van der Waals surface area contributed by atoms with E-state index in [1.807, 2.05) is 30.3 Å². The summed E-state index contributed by atoms with van der Waals surface area (Å²) in [6, 6.07) is 9.50. The van der Waals surface area contributed by atoms with Crippen LogP contribution in [0.5, 0.6) is 0 Å². The van der Waals surface area contributed by atoms with Crippen molar-refractivity contribution in [2.75, 3.05) is 6.54 Å². The van der Waals surface area contributed by atoms with E-state index in [0.717, 1.165) is 12.0 Å².